The molecule has 0 radical (unpaired) electrons. The van der Waals surface area contributed by atoms with E-state index in [-0.39, 0.29) is 17.0 Å². The summed E-state index contributed by atoms with van der Waals surface area (Å²) in [6, 6.07) is 10.9. The minimum absolute atomic E-state index is 0.0892. The minimum atomic E-state index is -0.671. The summed E-state index contributed by atoms with van der Waals surface area (Å²) in [5.41, 5.74) is -0.159. The Kier molecular flexibility index (Phi) is 11.1. The van der Waals surface area contributed by atoms with Crippen molar-refractivity contribution in [2.24, 2.45) is 0 Å². The molecule has 0 saturated heterocycles. The highest BCUT2D eigenvalue weighted by Gasteiger charge is 2.20. The van der Waals surface area contributed by atoms with Gasteiger partial charge in [-0.3, -0.25) is 10.1 Å². The number of nitro benzene ring substituents is 1. The predicted molar refractivity (Wildman–Crippen MR) is 124 cm³/mol. The number of benzene rings is 2. The van der Waals surface area contributed by atoms with Crippen molar-refractivity contribution in [1.29, 1.82) is 0 Å². The lowest BCUT2D eigenvalue weighted by Gasteiger charge is -2.09. The quantitative estimate of drug-likeness (QED) is 0.0996. The van der Waals surface area contributed by atoms with Crippen LogP contribution >= 0.6 is 0 Å². The molecular weight excluding hydrogens is 410 g/mol. The van der Waals surface area contributed by atoms with Crippen molar-refractivity contribution in [2.45, 2.75) is 65.2 Å². The van der Waals surface area contributed by atoms with Gasteiger partial charge in [0.1, 0.15) is 11.5 Å². The van der Waals surface area contributed by atoms with Crippen molar-refractivity contribution < 1.29 is 23.9 Å². The van der Waals surface area contributed by atoms with Crippen molar-refractivity contribution in [3.63, 3.8) is 0 Å². The Hall–Kier alpha value is -3.09. The zero-order valence-electron chi connectivity index (χ0n) is 19.0. The molecule has 0 spiro atoms. The topological polar surface area (TPSA) is 87.9 Å². The first-order chi connectivity index (χ1) is 15.5. The molecule has 7 nitrogen and oxygen atoms in total. The molecule has 0 aliphatic rings. The number of carbonyl (C=O) groups excluding carboxylic acids is 1. The van der Waals surface area contributed by atoms with Crippen LogP contribution in [0.2, 0.25) is 0 Å². The van der Waals surface area contributed by atoms with Crippen LogP contribution in [-0.2, 0) is 0 Å². The number of nitro groups is 1. The molecule has 0 aromatic heterocycles. The fraction of sp³-hybridized carbons (Fsp3) is 0.480. The molecule has 0 heterocycles. The summed E-state index contributed by atoms with van der Waals surface area (Å²) in [5, 5.41) is 11.4. The Morgan fingerprint density at radius 3 is 2.00 bits per heavy atom. The highest BCUT2D eigenvalue weighted by atomic mass is 16.6. The third kappa shape index (κ3) is 8.57. The van der Waals surface area contributed by atoms with Crippen LogP contribution in [0.3, 0.4) is 0 Å². The standard InChI is InChI=1S/C25H33NO6/c1-3-5-7-9-17-30-21-12-14-22(15-13-21)32-25(27)20-11-16-24(23(19-20)26(28)29)31-18-10-8-6-4-2/h11-16,19H,3-10,17-18H2,1-2H3. The maximum absolute atomic E-state index is 12.5. The summed E-state index contributed by atoms with van der Waals surface area (Å²) in [4.78, 5) is 23.4. The maximum atomic E-state index is 12.5. The average molecular weight is 444 g/mol. The molecule has 0 unspecified atom stereocenters. The van der Waals surface area contributed by atoms with Crippen molar-refractivity contribution in [1.82, 2.24) is 0 Å². The van der Waals surface area contributed by atoms with Gasteiger partial charge in [0.25, 0.3) is 0 Å². The molecule has 0 fully saturated rings. The molecule has 0 atom stereocenters. The van der Waals surface area contributed by atoms with E-state index in [1.54, 1.807) is 24.3 Å². The highest BCUT2D eigenvalue weighted by molar-refractivity contribution is 5.92. The summed E-state index contributed by atoms with van der Waals surface area (Å²) < 4.78 is 16.6. The van der Waals surface area contributed by atoms with Crippen LogP contribution in [-0.4, -0.2) is 24.1 Å². The van der Waals surface area contributed by atoms with Gasteiger partial charge in [-0.15, -0.1) is 0 Å². The Morgan fingerprint density at radius 2 is 1.41 bits per heavy atom. The summed E-state index contributed by atoms with van der Waals surface area (Å²) in [6.07, 6.45) is 8.56. The molecule has 174 valence electrons. The molecule has 0 N–H and O–H groups in total. The third-order valence-corrected chi connectivity index (χ3v) is 4.95. The second kappa shape index (κ2) is 14.1. The highest BCUT2D eigenvalue weighted by Crippen LogP contribution is 2.29. The summed E-state index contributed by atoms with van der Waals surface area (Å²) >= 11 is 0. The number of nitrogens with zero attached hydrogens (tertiary/aromatic N) is 1. The van der Waals surface area contributed by atoms with Crippen LogP contribution in [0, 0.1) is 10.1 Å². The zero-order valence-corrected chi connectivity index (χ0v) is 19.0. The third-order valence-electron chi connectivity index (χ3n) is 4.95. The number of hydrogen-bond acceptors (Lipinski definition) is 6. The minimum Gasteiger partial charge on any atom is -0.494 e. The molecule has 0 bridgehead atoms. The largest absolute Gasteiger partial charge is 0.494 e. The van der Waals surface area contributed by atoms with Gasteiger partial charge in [0, 0.05) is 6.07 Å². The number of rotatable bonds is 15. The molecule has 0 saturated carbocycles. The van der Waals surface area contributed by atoms with E-state index in [0.717, 1.165) is 38.5 Å². The monoisotopic (exact) mass is 443 g/mol. The predicted octanol–water partition coefficient (Wildman–Crippen LogP) is 6.73. The van der Waals surface area contributed by atoms with Crippen LogP contribution in [0.4, 0.5) is 5.69 Å². The second-order valence-electron chi connectivity index (χ2n) is 7.62. The summed E-state index contributed by atoms with van der Waals surface area (Å²) in [5.74, 6) is 0.531. The van der Waals surface area contributed by atoms with Gasteiger partial charge in [0.05, 0.1) is 23.7 Å². The van der Waals surface area contributed by atoms with Crippen LogP contribution in [0.1, 0.15) is 75.6 Å². The normalized spacial score (nSPS) is 10.6. The van der Waals surface area contributed by atoms with Crippen LogP contribution in [0.25, 0.3) is 0 Å². The SMILES string of the molecule is CCCCCCOc1ccc(OC(=O)c2ccc(OCCCCCC)c([N+](=O)[O-])c2)cc1. The first-order valence-corrected chi connectivity index (χ1v) is 11.4. The molecule has 2 aromatic rings. The van der Waals surface area contributed by atoms with Crippen LogP contribution in [0.5, 0.6) is 17.2 Å². The number of esters is 1. The number of ether oxygens (including phenoxy) is 3. The molecule has 32 heavy (non-hydrogen) atoms. The Balaban J connectivity index is 1.93. The van der Waals surface area contributed by atoms with Gasteiger partial charge >= 0.3 is 11.7 Å². The molecule has 2 rings (SSSR count). The van der Waals surface area contributed by atoms with E-state index in [2.05, 4.69) is 13.8 Å². The van der Waals surface area contributed by atoms with E-state index >= 15 is 0 Å². The first kappa shape index (κ1) is 25.2. The van der Waals surface area contributed by atoms with Gasteiger partial charge in [-0.25, -0.2) is 4.79 Å². The average Bonchev–Trinajstić information content (AvgIpc) is 2.79. The summed E-state index contributed by atoms with van der Waals surface area (Å²) in [7, 11) is 0. The maximum Gasteiger partial charge on any atom is 0.343 e. The Labute approximate surface area is 189 Å². The van der Waals surface area contributed by atoms with Crippen LogP contribution in [0.15, 0.2) is 42.5 Å². The Bertz CT molecular complexity index is 850. The van der Waals surface area contributed by atoms with Crippen molar-refractivity contribution in [2.75, 3.05) is 13.2 Å². The molecule has 7 heteroatoms. The van der Waals surface area contributed by atoms with E-state index in [4.69, 9.17) is 14.2 Å². The molecular formula is C25H33NO6. The van der Waals surface area contributed by atoms with E-state index in [1.165, 1.54) is 31.0 Å². The lowest BCUT2D eigenvalue weighted by Crippen LogP contribution is -2.10. The lowest BCUT2D eigenvalue weighted by molar-refractivity contribution is -0.385. The number of hydrogen-bond donors (Lipinski definition) is 0. The van der Waals surface area contributed by atoms with E-state index in [1.807, 2.05) is 0 Å². The van der Waals surface area contributed by atoms with Gasteiger partial charge in [0.2, 0.25) is 0 Å². The molecule has 0 amide bonds. The fourth-order valence-electron chi connectivity index (χ4n) is 3.11. The zero-order chi connectivity index (χ0) is 23.2. The van der Waals surface area contributed by atoms with E-state index < -0.39 is 10.9 Å². The molecule has 0 aliphatic carbocycles. The fourth-order valence-corrected chi connectivity index (χ4v) is 3.11. The van der Waals surface area contributed by atoms with E-state index in [0.29, 0.717) is 24.7 Å². The summed E-state index contributed by atoms with van der Waals surface area (Å²) in [6.45, 7) is 5.32. The number of unbranched alkanes of at least 4 members (excludes halogenated alkanes) is 6. The van der Waals surface area contributed by atoms with Crippen molar-refractivity contribution in [3.8, 4) is 17.2 Å². The smallest absolute Gasteiger partial charge is 0.343 e. The molecule has 2 aromatic carbocycles. The van der Waals surface area contributed by atoms with Crippen molar-refractivity contribution >= 4 is 11.7 Å². The van der Waals surface area contributed by atoms with Crippen molar-refractivity contribution in [3.05, 3.63) is 58.1 Å². The Morgan fingerprint density at radius 1 is 0.812 bits per heavy atom. The van der Waals surface area contributed by atoms with Gasteiger partial charge < -0.3 is 14.2 Å². The van der Waals surface area contributed by atoms with Gasteiger partial charge in [-0.2, -0.15) is 0 Å². The second-order valence-corrected chi connectivity index (χ2v) is 7.62. The van der Waals surface area contributed by atoms with Gasteiger partial charge in [0.15, 0.2) is 5.75 Å². The van der Waals surface area contributed by atoms with Crippen LogP contribution < -0.4 is 14.2 Å². The molecule has 0 aliphatic heterocycles. The lowest BCUT2D eigenvalue weighted by atomic mass is 10.2. The van der Waals surface area contributed by atoms with Gasteiger partial charge in [-0.05, 0) is 49.2 Å². The first-order valence-electron chi connectivity index (χ1n) is 11.4. The van der Waals surface area contributed by atoms with E-state index in [9.17, 15) is 14.9 Å². The number of carbonyl (C=O) groups is 1. The van der Waals surface area contributed by atoms with Gasteiger partial charge in [-0.1, -0.05) is 52.4 Å².